The largest absolute Gasteiger partial charge is 1.00 e. The van der Waals surface area contributed by atoms with Crippen molar-refractivity contribution < 1.29 is 39.8 Å². The average Bonchev–Trinajstić information content (AvgIpc) is 2.17. The van der Waals surface area contributed by atoms with Crippen molar-refractivity contribution >= 4 is 0 Å². The van der Waals surface area contributed by atoms with Gasteiger partial charge in [-0.25, -0.2) is 0 Å². The fraction of sp³-hybridized carbons (Fsp3) is 0.455. The minimum atomic E-state index is -1.61. The van der Waals surface area contributed by atoms with E-state index in [0.29, 0.717) is 11.5 Å². The van der Waals surface area contributed by atoms with Crippen molar-refractivity contribution in [1.29, 1.82) is 0 Å². The Morgan fingerprint density at radius 2 is 1.64 bits per heavy atom. The van der Waals surface area contributed by atoms with Crippen LogP contribution in [0.5, 0.6) is 0 Å². The monoisotopic (exact) mass is 202 g/mol. The second kappa shape index (κ2) is 6.59. The van der Waals surface area contributed by atoms with Gasteiger partial charge >= 0.3 is 29.6 Å². The van der Waals surface area contributed by atoms with Crippen molar-refractivity contribution in [3.05, 3.63) is 35.4 Å². The van der Waals surface area contributed by atoms with E-state index in [0.717, 1.165) is 6.42 Å². The van der Waals surface area contributed by atoms with E-state index in [-0.39, 0.29) is 29.6 Å². The Bertz CT molecular complexity index is 256. The van der Waals surface area contributed by atoms with E-state index >= 15 is 0 Å². The van der Waals surface area contributed by atoms with Crippen LogP contribution in [0.15, 0.2) is 24.3 Å². The van der Waals surface area contributed by atoms with E-state index in [1.165, 1.54) is 5.56 Å². The maximum Gasteiger partial charge on any atom is 1.00 e. The fourth-order valence-electron chi connectivity index (χ4n) is 1.22. The Kier molecular flexibility index (Phi) is 6.66. The molecule has 1 aromatic rings. The molecule has 0 aromatic heterocycles. The molecule has 0 saturated heterocycles. The first-order chi connectivity index (χ1) is 6.15. The third-order valence-electron chi connectivity index (χ3n) is 2.40. The number of hydrogen-bond donors (Lipinski definition) is 1. The summed E-state index contributed by atoms with van der Waals surface area (Å²) in [4.78, 5) is 0. The molecule has 0 bridgehead atoms. The molecule has 2 nitrogen and oxygen atoms in total. The second-order valence-corrected chi connectivity index (χ2v) is 3.33. The first kappa shape index (κ1) is 14.1. The van der Waals surface area contributed by atoms with Gasteiger partial charge in [0, 0.05) is 6.29 Å². The summed E-state index contributed by atoms with van der Waals surface area (Å²) < 4.78 is 0. The zero-order chi connectivity index (χ0) is 9.84. The predicted octanol–water partition coefficient (Wildman–Crippen LogP) is -1.44. The summed E-state index contributed by atoms with van der Waals surface area (Å²) in [5.74, 6) is 0.512. The van der Waals surface area contributed by atoms with Crippen molar-refractivity contribution in [1.82, 2.24) is 0 Å². The number of hydrogen-bond acceptors (Lipinski definition) is 2. The van der Waals surface area contributed by atoms with Crippen LogP contribution in [0.1, 0.15) is 43.6 Å². The zero-order valence-corrected chi connectivity index (χ0v) is 11.0. The van der Waals surface area contributed by atoms with E-state index in [1.54, 1.807) is 12.1 Å². The number of aliphatic hydroxyl groups excluding tert-OH is 1. The molecule has 0 spiro atoms. The number of aliphatic hydroxyl groups is 1. The van der Waals surface area contributed by atoms with Crippen LogP contribution in [0.4, 0.5) is 0 Å². The molecular formula is C11H15NaO2. The van der Waals surface area contributed by atoms with Crippen LogP contribution < -0.4 is 34.7 Å². The van der Waals surface area contributed by atoms with Gasteiger partial charge in [-0.15, -0.1) is 0 Å². The van der Waals surface area contributed by atoms with Crippen molar-refractivity contribution in [2.24, 2.45) is 0 Å². The van der Waals surface area contributed by atoms with E-state index < -0.39 is 6.29 Å². The third kappa shape index (κ3) is 3.71. The van der Waals surface area contributed by atoms with Gasteiger partial charge in [0.05, 0.1) is 0 Å². The average molecular weight is 202 g/mol. The van der Waals surface area contributed by atoms with Crippen molar-refractivity contribution in [2.75, 3.05) is 0 Å². The van der Waals surface area contributed by atoms with Crippen molar-refractivity contribution in [2.45, 2.75) is 32.5 Å². The predicted molar refractivity (Wildman–Crippen MR) is 50.1 cm³/mol. The summed E-state index contributed by atoms with van der Waals surface area (Å²) in [5.41, 5.74) is 1.65. The molecular weight excluding hydrogens is 187 g/mol. The maximum absolute atomic E-state index is 10.6. The van der Waals surface area contributed by atoms with Crippen LogP contribution in [0.25, 0.3) is 0 Å². The van der Waals surface area contributed by atoms with Crippen molar-refractivity contribution in [3.63, 3.8) is 0 Å². The molecule has 0 heterocycles. The zero-order valence-electron chi connectivity index (χ0n) is 9.03. The van der Waals surface area contributed by atoms with Crippen LogP contribution in [-0.2, 0) is 0 Å². The molecule has 0 amide bonds. The fourth-order valence-corrected chi connectivity index (χ4v) is 1.22. The molecule has 14 heavy (non-hydrogen) atoms. The van der Waals surface area contributed by atoms with Gasteiger partial charge in [0.1, 0.15) is 0 Å². The Morgan fingerprint density at radius 3 is 2.00 bits per heavy atom. The molecule has 0 aliphatic carbocycles. The van der Waals surface area contributed by atoms with E-state index in [1.807, 2.05) is 12.1 Å². The van der Waals surface area contributed by atoms with Gasteiger partial charge in [-0.05, 0) is 23.5 Å². The molecule has 1 aromatic carbocycles. The molecule has 0 saturated carbocycles. The van der Waals surface area contributed by atoms with Gasteiger partial charge in [-0.1, -0.05) is 38.1 Å². The summed E-state index contributed by atoms with van der Waals surface area (Å²) in [6, 6.07) is 7.20. The normalized spacial score (nSPS) is 14.3. The number of benzene rings is 1. The first-order valence-electron chi connectivity index (χ1n) is 4.59. The Morgan fingerprint density at radius 1 is 1.21 bits per heavy atom. The second-order valence-electron chi connectivity index (χ2n) is 3.33. The van der Waals surface area contributed by atoms with Crippen molar-refractivity contribution in [3.8, 4) is 0 Å². The SMILES string of the molecule is CCC(C)c1ccc(C([O-])O)cc1.[Na+]. The summed E-state index contributed by atoms with van der Waals surface area (Å²) >= 11 is 0. The molecule has 1 N–H and O–H groups in total. The first-order valence-corrected chi connectivity index (χ1v) is 4.59. The quantitative estimate of drug-likeness (QED) is 0.481. The van der Waals surface area contributed by atoms with Crippen LogP contribution >= 0.6 is 0 Å². The minimum absolute atomic E-state index is 0. The molecule has 1 rings (SSSR count). The minimum Gasteiger partial charge on any atom is -0.828 e. The smallest absolute Gasteiger partial charge is 0.828 e. The molecule has 2 atom stereocenters. The van der Waals surface area contributed by atoms with Crippen LogP contribution in [-0.4, -0.2) is 5.11 Å². The standard InChI is InChI=1S/C11H15O2.Na/c1-3-8(2)9-4-6-10(7-5-9)11(12)13;/h4-8,11-12H,3H2,1-2H3;/q-1;+1. The molecule has 3 heteroatoms. The Labute approximate surface area is 107 Å². The molecule has 0 radical (unpaired) electrons. The van der Waals surface area contributed by atoms with Gasteiger partial charge in [-0.3, -0.25) is 0 Å². The van der Waals surface area contributed by atoms with Crippen LogP contribution in [0, 0.1) is 0 Å². The van der Waals surface area contributed by atoms with E-state index in [2.05, 4.69) is 13.8 Å². The van der Waals surface area contributed by atoms with Gasteiger partial charge < -0.3 is 10.2 Å². The topological polar surface area (TPSA) is 43.3 Å². The summed E-state index contributed by atoms with van der Waals surface area (Å²) in [7, 11) is 0. The molecule has 0 fully saturated rings. The van der Waals surface area contributed by atoms with Crippen LogP contribution in [0.2, 0.25) is 0 Å². The van der Waals surface area contributed by atoms with Gasteiger partial charge in [0.25, 0.3) is 0 Å². The third-order valence-corrected chi connectivity index (χ3v) is 2.40. The molecule has 0 aliphatic heterocycles. The summed E-state index contributed by atoms with van der Waals surface area (Å²) in [6.07, 6.45) is -0.523. The van der Waals surface area contributed by atoms with E-state index in [9.17, 15) is 5.11 Å². The van der Waals surface area contributed by atoms with E-state index in [4.69, 9.17) is 5.11 Å². The number of rotatable bonds is 3. The molecule has 2 unspecified atom stereocenters. The molecule has 0 aliphatic rings. The van der Waals surface area contributed by atoms with Crippen LogP contribution in [0.3, 0.4) is 0 Å². The summed E-state index contributed by atoms with van der Waals surface area (Å²) in [6.45, 7) is 4.27. The maximum atomic E-state index is 10.6. The summed E-state index contributed by atoms with van der Waals surface area (Å²) in [5, 5.41) is 19.4. The van der Waals surface area contributed by atoms with Gasteiger partial charge in [-0.2, -0.15) is 0 Å². The van der Waals surface area contributed by atoms with Gasteiger partial charge in [0.2, 0.25) is 0 Å². The Hall–Kier alpha value is 0.140. The molecule has 72 valence electrons. The Balaban J connectivity index is 0.00000169. The van der Waals surface area contributed by atoms with Gasteiger partial charge in [0.15, 0.2) is 0 Å².